The Balaban J connectivity index is 1.39. The molecule has 4 aromatic rings. The van der Waals surface area contributed by atoms with Crippen LogP contribution >= 0.6 is 0 Å². The molecular formula is C25H24FN7O3. The van der Waals surface area contributed by atoms with Gasteiger partial charge in [0.2, 0.25) is 11.8 Å². The number of aliphatic hydroxyl groups excluding tert-OH is 1. The van der Waals surface area contributed by atoms with Crippen molar-refractivity contribution in [2.75, 3.05) is 24.2 Å². The molecule has 1 amide bonds. The van der Waals surface area contributed by atoms with Gasteiger partial charge in [-0.1, -0.05) is 0 Å². The normalized spacial score (nSPS) is 17.1. The highest BCUT2D eigenvalue weighted by atomic mass is 19.1. The van der Waals surface area contributed by atoms with Gasteiger partial charge in [0, 0.05) is 65.6 Å². The minimum atomic E-state index is -0.724. The summed E-state index contributed by atoms with van der Waals surface area (Å²) < 4.78 is 22.7. The third-order valence-electron chi connectivity index (χ3n) is 6.72. The zero-order valence-electron chi connectivity index (χ0n) is 19.5. The highest BCUT2D eigenvalue weighted by molar-refractivity contribution is 5.98. The van der Waals surface area contributed by atoms with Crippen molar-refractivity contribution in [3.63, 3.8) is 0 Å². The summed E-state index contributed by atoms with van der Waals surface area (Å²) in [5, 5.41) is 22.1. The molecule has 184 valence electrons. The zero-order chi connectivity index (χ0) is 25.0. The molecule has 0 spiro atoms. The number of halogens is 1. The van der Waals surface area contributed by atoms with Gasteiger partial charge >= 0.3 is 0 Å². The highest BCUT2D eigenvalue weighted by Crippen LogP contribution is 2.40. The maximum Gasteiger partial charge on any atom is 0.241 e. The molecule has 2 aliphatic heterocycles. The number of hydrogen-bond donors (Lipinski definition) is 4. The van der Waals surface area contributed by atoms with Gasteiger partial charge < -0.3 is 26.2 Å². The molecule has 0 fully saturated rings. The third kappa shape index (κ3) is 3.68. The van der Waals surface area contributed by atoms with Crippen LogP contribution < -0.4 is 21.1 Å². The summed E-state index contributed by atoms with van der Waals surface area (Å²) in [6.07, 6.45) is 3.47. The lowest BCUT2D eigenvalue weighted by Gasteiger charge is -2.24. The maximum absolute atomic E-state index is 15.4. The van der Waals surface area contributed by atoms with Crippen molar-refractivity contribution in [3.8, 4) is 17.0 Å². The number of nitrogen functional groups attached to an aromatic ring is 1. The number of hydrogen-bond acceptors (Lipinski definition) is 8. The Morgan fingerprint density at radius 3 is 2.94 bits per heavy atom. The molecule has 1 atom stereocenters. The topological polar surface area (TPSA) is 140 Å². The molecule has 3 aromatic heterocycles. The summed E-state index contributed by atoms with van der Waals surface area (Å²) in [4.78, 5) is 20.5. The molecule has 5 N–H and O–H groups in total. The van der Waals surface area contributed by atoms with Crippen LogP contribution in [0.15, 0.2) is 30.6 Å². The number of rotatable bonds is 3. The largest absolute Gasteiger partial charge is 0.477 e. The number of nitrogens with two attached hydrogens (primary N) is 1. The molecule has 0 radical (unpaired) electrons. The van der Waals surface area contributed by atoms with Crippen molar-refractivity contribution in [2.45, 2.75) is 32.4 Å². The summed E-state index contributed by atoms with van der Waals surface area (Å²) in [6.45, 7) is 2.92. The van der Waals surface area contributed by atoms with Crippen LogP contribution in [0, 0.1) is 12.7 Å². The summed E-state index contributed by atoms with van der Waals surface area (Å²) in [6, 6.07) is 5.35. The Bertz CT molecular complexity index is 1530. The lowest BCUT2D eigenvalue weighted by atomic mass is 9.92. The number of fused-ring (bicyclic) bond motifs is 3. The molecule has 1 aromatic carbocycles. The smallest absolute Gasteiger partial charge is 0.241 e. The van der Waals surface area contributed by atoms with Crippen molar-refractivity contribution < 1.29 is 19.0 Å². The van der Waals surface area contributed by atoms with E-state index in [1.165, 1.54) is 6.20 Å². The van der Waals surface area contributed by atoms with E-state index in [2.05, 4.69) is 25.7 Å². The van der Waals surface area contributed by atoms with Crippen LogP contribution in [0.25, 0.3) is 21.9 Å². The quantitative estimate of drug-likeness (QED) is 0.322. The second-order valence-corrected chi connectivity index (χ2v) is 9.01. The Morgan fingerprint density at radius 1 is 1.22 bits per heavy atom. The number of carbonyl (C=O) groups is 1. The van der Waals surface area contributed by atoms with Crippen LogP contribution in [0.4, 0.5) is 21.7 Å². The number of nitrogens with one attached hydrogen (secondary N) is 2. The number of ether oxygens (including phenoxy) is 1. The molecule has 11 heteroatoms. The predicted octanol–water partition coefficient (Wildman–Crippen LogP) is 2.75. The van der Waals surface area contributed by atoms with E-state index in [0.717, 1.165) is 5.69 Å². The molecular weight excluding hydrogens is 465 g/mol. The predicted molar refractivity (Wildman–Crippen MR) is 131 cm³/mol. The number of aliphatic hydroxyl groups is 1. The first kappa shape index (κ1) is 22.2. The molecule has 0 unspecified atom stereocenters. The second kappa shape index (κ2) is 8.45. The molecule has 0 saturated carbocycles. The second-order valence-electron chi connectivity index (χ2n) is 9.01. The maximum atomic E-state index is 15.4. The first-order valence-electron chi connectivity index (χ1n) is 11.7. The summed E-state index contributed by atoms with van der Waals surface area (Å²) >= 11 is 0. The molecule has 0 bridgehead atoms. The number of pyridine rings is 2. The number of benzene rings is 1. The average molecular weight is 490 g/mol. The van der Waals surface area contributed by atoms with E-state index in [1.807, 2.05) is 13.0 Å². The van der Waals surface area contributed by atoms with Crippen LogP contribution in [0.3, 0.4) is 0 Å². The van der Waals surface area contributed by atoms with Gasteiger partial charge in [-0.15, -0.1) is 0 Å². The van der Waals surface area contributed by atoms with E-state index in [1.54, 1.807) is 23.0 Å². The number of anilines is 3. The minimum Gasteiger partial charge on any atom is -0.477 e. The summed E-state index contributed by atoms with van der Waals surface area (Å²) in [5.41, 5.74) is 9.18. The first-order chi connectivity index (χ1) is 17.4. The van der Waals surface area contributed by atoms with Crippen LogP contribution in [0.1, 0.15) is 29.3 Å². The fourth-order valence-electron chi connectivity index (χ4n) is 4.86. The van der Waals surface area contributed by atoms with Gasteiger partial charge in [-0.05, 0) is 30.0 Å². The van der Waals surface area contributed by atoms with Gasteiger partial charge in [-0.3, -0.25) is 9.48 Å². The van der Waals surface area contributed by atoms with Gasteiger partial charge in [0.05, 0.1) is 18.4 Å². The Morgan fingerprint density at radius 2 is 2.08 bits per heavy atom. The van der Waals surface area contributed by atoms with Crippen LogP contribution in [-0.4, -0.2) is 43.9 Å². The first-order valence-corrected chi connectivity index (χ1v) is 11.7. The van der Waals surface area contributed by atoms with E-state index in [9.17, 15) is 9.90 Å². The van der Waals surface area contributed by atoms with Gasteiger partial charge in [0.1, 0.15) is 12.4 Å². The van der Waals surface area contributed by atoms with Crippen molar-refractivity contribution in [3.05, 3.63) is 53.2 Å². The Labute approximate surface area is 205 Å². The van der Waals surface area contributed by atoms with Crippen LogP contribution in [-0.2, 0) is 17.8 Å². The lowest BCUT2D eigenvalue weighted by molar-refractivity contribution is -0.121. The van der Waals surface area contributed by atoms with Gasteiger partial charge in [-0.25, -0.2) is 14.4 Å². The van der Waals surface area contributed by atoms with E-state index in [-0.39, 0.29) is 23.7 Å². The van der Waals surface area contributed by atoms with E-state index in [4.69, 9.17) is 10.5 Å². The molecule has 10 nitrogen and oxygen atoms in total. The molecule has 0 saturated heterocycles. The monoisotopic (exact) mass is 489 g/mol. The minimum absolute atomic E-state index is 0.0183. The van der Waals surface area contributed by atoms with Gasteiger partial charge in [0.15, 0.2) is 11.6 Å². The lowest BCUT2D eigenvalue weighted by Crippen LogP contribution is -2.25. The van der Waals surface area contributed by atoms with Gasteiger partial charge in [-0.2, -0.15) is 5.10 Å². The van der Waals surface area contributed by atoms with Crippen LogP contribution in [0.5, 0.6) is 5.88 Å². The number of aromatic nitrogens is 4. The van der Waals surface area contributed by atoms with E-state index < -0.39 is 11.9 Å². The zero-order valence-corrected chi connectivity index (χ0v) is 19.5. The van der Waals surface area contributed by atoms with Gasteiger partial charge in [0.25, 0.3) is 0 Å². The molecule has 6 rings (SSSR count). The Hall–Kier alpha value is -4.25. The number of amides is 1. The third-order valence-corrected chi connectivity index (χ3v) is 6.72. The number of nitrogens with zero attached hydrogens (tertiary/aromatic N) is 4. The van der Waals surface area contributed by atoms with E-state index in [0.29, 0.717) is 71.0 Å². The number of carbonyl (C=O) groups excluding carboxylic acids is 1. The molecule has 36 heavy (non-hydrogen) atoms. The summed E-state index contributed by atoms with van der Waals surface area (Å²) in [7, 11) is 0. The fourth-order valence-corrected chi connectivity index (χ4v) is 4.86. The molecule has 0 aliphatic carbocycles. The summed E-state index contributed by atoms with van der Waals surface area (Å²) in [5.74, 6) is 0.781. The van der Waals surface area contributed by atoms with Crippen molar-refractivity contribution in [1.29, 1.82) is 0 Å². The SMILES string of the molecule is Cc1c(-c2cc3cc(Nc4cc5n(n4)CC(=O)NCC5)ncc3c(N)c2F)cnc2c1[C@H](O)CCO2. The van der Waals surface area contributed by atoms with Crippen molar-refractivity contribution >= 4 is 34.0 Å². The van der Waals surface area contributed by atoms with Crippen molar-refractivity contribution in [2.24, 2.45) is 0 Å². The van der Waals surface area contributed by atoms with Crippen molar-refractivity contribution in [1.82, 2.24) is 25.1 Å². The van der Waals surface area contributed by atoms with E-state index >= 15 is 4.39 Å². The highest BCUT2D eigenvalue weighted by Gasteiger charge is 2.26. The Kier molecular flexibility index (Phi) is 5.22. The standard InChI is InChI=1S/C25H24FN7O3/c1-12-16(9-30-25-22(12)18(34)3-5-36-25)15-6-13-7-19(29-10-17(13)24(27)23(15)26)31-20-8-14-2-4-28-21(35)11-33(14)32-20/h6-10,18,34H,2-5,11,27H2,1H3,(H,28,35)(H,29,31,32)/t18-/m1/s1. The molecule has 5 heterocycles. The average Bonchev–Trinajstić information content (AvgIpc) is 3.13. The fraction of sp³-hybridized carbons (Fsp3) is 0.280. The van der Waals surface area contributed by atoms with Crippen LogP contribution in [0.2, 0.25) is 0 Å². The molecule has 2 aliphatic rings.